The standard InChI is InChI=1S/C11H10ClN3S/c1-2-15-7-8(6-14-15)3-4-9-5-10(13)16-11(9)12/h5-7H,2,13H2,1H3. The van der Waals surface area contributed by atoms with Crippen molar-refractivity contribution < 1.29 is 0 Å². The van der Waals surface area contributed by atoms with E-state index in [2.05, 4.69) is 16.9 Å². The van der Waals surface area contributed by atoms with E-state index in [1.807, 2.05) is 17.8 Å². The van der Waals surface area contributed by atoms with Gasteiger partial charge in [0.15, 0.2) is 0 Å². The molecule has 2 aromatic rings. The van der Waals surface area contributed by atoms with E-state index < -0.39 is 0 Å². The Morgan fingerprint density at radius 3 is 2.94 bits per heavy atom. The van der Waals surface area contributed by atoms with Gasteiger partial charge >= 0.3 is 0 Å². The highest BCUT2D eigenvalue weighted by Gasteiger charge is 2.01. The van der Waals surface area contributed by atoms with Gasteiger partial charge in [-0.15, -0.1) is 11.3 Å². The molecule has 82 valence electrons. The molecule has 5 heteroatoms. The molecular weight excluding hydrogens is 242 g/mol. The molecule has 0 radical (unpaired) electrons. The fourth-order valence-electron chi connectivity index (χ4n) is 1.21. The predicted octanol–water partition coefficient (Wildman–Crippen LogP) is 2.60. The Balaban J connectivity index is 2.24. The van der Waals surface area contributed by atoms with Crippen LogP contribution < -0.4 is 5.73 Å². The van der Waals surface area contributed by atoms with Gasteiger partial charge in [0.25, 0.3) is 0 Å². The fourth-order valence-corrected chi connectivity index (χ4v) is 2.19. The Kier molecular flexibility index (Phi) is 3.18. The highest BCUT2D eigenvalue weighted by Crippen LogP contribution is 2.28. The number of anilines is 1. The molecule has 0 aliphatic carbocycles. The van der Waals surface area contributed by atoms with Crippen molar-refractivity contribution in [3.05, 3.63) is 33.9 Å². The van der Waals surface area contributed by atoms with E-state index in [1.54, 1.807) is 12.3 Å². The summed E-state index contributed by atoms with van der Waals surface area (Å²) in [5.41, 5.74) is 7.27. The van der Waals surface area contributed by atoms with Crippen molar-refractivity contribution in [2.75, 3.05) is 5.73 Å². The van der Waals surface area contributed by atoms with Crippen molar-refractivity contribution in [3.8, 4) is 11.8 Å². The van der Waals surface area contributed by atoms with Gasteiger partial charge in [-0.05, 0) is 13.0 Å². The van der Waals surface area contributed by atoms with Crippen molar-refractivity contribution in [2.45, 2.75) is 13.5 Å². The highest BCUT2D eigenvalue weighted by molar-refractivity contribution is 7.20. The minimum atomic E-state index is 0.632. The topological polar surface area (TPSA) is 43.8 Å². The van der Waals surface area contributed by atoms with Crippen LogP contribution in [0.25, 0.3) is 0 Å². The van der Waals surface area contributed by atoms with Crippen molar-refractivity contribution in [1.29, 1.82) is 0 Å². The quantitative estimate of drug-likeness (QED) is 0.792. The normalized spacial score (nSPS) is 9.88. The molecule has 2 aromatic heterocycles. The average molecular weight is 252 g/mol. The Morgan fingerprint density at radius 2 is 2.38 bits per heavy atom. The van der Waals surface area contributed by atoms with Gasteiger partial charge in [-0.1, -0.05) is 23.4 Å². The predicted molar refractivity (Wildman–Crippen MR) is 67.6 cm³/mol. The van der Waals surface area contributed by atoms with E-state index in [1.165, 1.54) is 11.3 Å². The summed E-state index contributed by atoms with van der Waals surface area (Å²) < 4.78 is 2.46. The molecule has 0 aliphatic heterocycles. The molecule has 2 heterocycles. The number of thiophene rings is 1. The Hall–Kier alpha value is -1.44. The first-order valence-corrected chi connectivity index (χ1v) is 5.97. The van der Waals surface area contributed by atoms with Gasteiger partial charge in [0.2, 0.25) is 0 Å². The average Bonchev–Trinajstić information content (AvgIpc) is 2.82. The lowest BCUT2D eigenvalue weighted by atomic mass is 10.3. The monoisotopic (exact) mass is 251 g/mol. The largest absolute Gasteiger partial charge is 0.391 e. The van der Waals surface area contributed by atoms with Crippen LogP contribution >= 0.6 is 22.9 Å². The first-order valence-electron chi connectivity index (χ1n) is 4.78. The maximum Gasteiger partial charge on any atom is 0.111 e. The van der Waals surface area contributed by atoms with Gasteiger partial charge < -0.3 is 5.73 Å². The zero-order chi connectivity index (χ0) is 11.5. The second-order valence-corrected chi connectivity index (χ2v) is 4.86. The zero-order valence-corrected chi connectivity index (χ0v) is 10.3. The lowest BCUT2D eigenvalue weighted by Crippen LogP contribution is -1.91. The number of aryl methyl sites for hydroxylation is 1. The van der Waals surface area contributed by atoms with Crippen LogP contribution in [0.1, 0.15) is 18.1 Å². The lowest BCUT2D eigenvalue weighted by molar-refractivity contribution is 0.660. The minimum absolute atomic E-state index is 0.632. The highest BCUT2D eigenvalue weighted by atomic mass is 35.5. The summed E-state index contributed by atoms with van der Waals surface area (Å²) in [6, 6.07) is 1.78. The van der Waals surface area contributed by atoms with Crippen LogP contribution in [0, 0.1) is 11.8 Å². The summed E-state index contributed by atoms with van der Waals surface area (Å²) in [6.45, 7) is 2.87. The van der Waals surface area contributed by atoms with Crippen LogP contribution in [0.4, 0.5) is 5.00 Å². The maximum absolute atomic E-state index is 5.96. The molecule has 3 nitrogen and oxygen atoms in total. The summed E-state index contributed by atoms with van der Waals surface area (Å²) in [5, 5.41) is 4.81. The molecule has 0 unspecified atom stereocenters. The molecule has 0 bridgehead atoms. The Bertz CT molecular complexity index is 559. The van der Waals surface area contributed by atoms with Gasteiger partial charge in [-0.2, -0.15) is 5.10 Å². The molecule has 2 N–H and O–H groups in total. The van der Waals surface area contributed by atoms with E-state index in [9.17, 15) is 0 Å². The van der Waals surface area contributed by atoms with Crippen LogP contribution in [0.15, 0.2) is 18.5 Å². The zero-order valence-electron chi connectivity index (χ0n) is 8.70. The van der Waals surface area contributed by atoms with E-state index in [4.69, 9.17) is 17.3 Å². The third kappa shape index (κ3) is 2.38. The molecule has 0 amide bonds. The Labute approximate surface area is 103 Å². The smallest absolute Gasteiger partial charge is 0.111 e. The van der Waals surface area contributed by atoms with Crippen LogP contribution in [0.3, 0.4) is 0 Å². The van der Waals surface area contributed by atoms with Gasteiger partial charge in [0.1, 0.15) is 4.34 Å². The first kappa shape index (κ1) is 11.1. The molecule has 2 rings (SSSR count). The maximum atomic E-state index is 5.96. The van der Waals surface area contributed by atoms with Crippen LogP contribution in [0.2, 0.25) is 4.34 Å². The molecule has 0 aliphatic rings. The van der Waals surface area contributed by atoms with Crippen molar-refractivity contribution in [2.24, 2.45) is 0 Å². The fraction of sp³-hybridized carbons (Fsp3) is 0.182. The first-order chi connectivity index (χ1) is 7.69. The van der Waals surface area contributed by atoms with Crippen LogP contribution in [-0.2, 0) is 6.54 Å². The van der Waals surface area contributed by atoms with Crippen molar-refractivity contribution in [1.82, 2.24) is 9.78 Å². The van der Waals surface area contributed by atoms with Crippen LogP contribution in [0.5, 0.6) is 0 Å². The summed E-state index contributed by atoms with van der Waals surface area (Å²) in [7, 11) is 0. The van der Waals surface area contributed by atoms with E-state index in [0.29, 0.717) is 9.34 Å². The molecule has 0 spiro atoms. The molecule has 0 atom stereocenters. The van der Waals surface area contributed by atoms with Gasteiger partial charge in [0, 0.05) is 12.7 Å². The summed E-state index contributed by atoms with van der Waals surface area (Å²) >= 11 is 7.29. The van der Waals surface area contributed by atoms with E-state index in [0.717, 1.165) is 17.7 Å². The van der Waals surface area contributed by atoms with Crippen molar-refractivity contribution in [3.63, 3.8) is 0 Å². The van der Waals surface area contributed by atoms with Gasteiger partial charge in [-0.25, -0.2) is 0 Å². The summed E-state index contributed by atoms with van der Waals surface area (Å²) in [6.07, 6.45) is 3.64. The number of nitrogens with zero attached hydrogens (tertiary/aromatic N) is 2. The third-order valence-corrected chi connectivity index (χ3v) is 3.19. The number of hydrogen-bond acceptors (Lipinski definition) is 3. The van der Waals surface area contributed by atoms with Gasteiger partial charge in [-0.3, -0.25) is 4.68 Å². The molecule has 0 aromatic carbocycles. The minimum Gasteiger partial charge on any atom is -0.391 e. The number of nitrogens with two attached hydrogens (primary N) is 1. The van der Waals surface area contributed by atoms with Gasteiger partial charge in [0.05, 0.1) is 22.3 Å². The second kappa shape index (κ2) is 4.60. The number of halogens is 1. The number of nitrogen functional groups attached to an aromatic ring is 1. The third-order valence-electron chi connectivity index (χ3n) is 2.00. The van der Waals surface area contributed by atoms with E-state index >= 15 is 0 Å². The summed E-state index contributed by atoms with van der Waals surface area (Å²) in [4.78, 5) is 0. The molecule has 0 saturated heterocycles. The second-order valence-electron chi connectivity index (χ2n) is 3.17. The van der Waals surface area contributed by atoms with Crippen LogP contribution in [-0.4, -0.2) is 9.78 Å². The molecule has 0 saturated carbocycles. The SMILES string of the molecule is CCn1cc(C#Cc2cc(N)sc2Cl)cn1. The molecule has 0 fully saturated rings. The van der Waals surface area contributed by atoms with Crippen molar-refractivity contribution >= 4 is 27.9 Å². The number of rotatable bonds is 1. The summed E-state index contributed by atoms with van der Waals surface area (Å²) in [5.74, 6) is 5.99. The Morgan fingerprint density at radius 1 is 1.56 bits per heavy atom. The molecular formula is C11H10ClN3S. The molecule has 16 heavy (non-hydrogen) atoms. The number of aromatic nitrogens is 2. The lowest BCUT2D eigenvalue weighted by Gasteiger charge is -1.88. The van der Waals surface area contributed by atoms with E-state index in [-0.39, 0.29) is 0 Å². The number of hydrogen-bond donors (Lipinski definition) is 1.